The predicted octanol–water partition coefficient (Wildman–Crippen LogP) is 4.77. The highest BCUT2D eigenvalue weighted by atomic mass is 35.5. The molecule has 0 atom stereocenters. The van der Waals surface area contributed by atoms with E-state index in [4.69, 9.17) is 11.6 Å². The number of pyridine rings is 1. The van der Waals surface area contributed by atoms with Crippen LogP contribution >= 0.6 is 23.4 Å². The number of anilines is 1. The van der Waals surface area contributed by atoms with Gasteiger partial charge < -0.3 is 10.3 Å². The molecule has 0 aliphatic rings. The zero-order valence-corrected chi connectivity index (χ0v) is 15.8. The van der Waals surface area contributed by atoms with Crippen molar-refractivity contribution < 1.29 is 4.79 Å². The Morgan fingerprint density at radius 3 is 2.96 bits per heavy atom. The van der Waals surface area contributed by atoms with Gasteiger partial charge in [-0.05, 0) is 30.0 Å². The van der Waals surface area contributed by atoms with Crippen LogP contribution in [0.1, 0.15) is 30.9 Å². The molecule has 0 saturated heterocycles. The van der Waals surface area contributed by atoms with E-state index >= 15 is 0 Å². The van der Waals surface area contributed by atoms with Crippen molar-refractivity contribution in [3.05, 3.63) is 46.6 Å². The second-order valence-electron chi connectivity index (χ2n) is 6.10. The average molecular weight is 375 g/mol. The van der Waals surface area contributed by atoms with E-state index in [-0.39, 0.29) is 11.7 Å². The summed E-state index contributed by atoms with van der Waals surface area (Å²) in [6.07, 6.45) is 1.55. The standard InChI is InChI=1S/C18H19ClN4OS/c1-10(2)13-6-4-5-11(3)16(13)22-15(24)9-25-18-21-14-7-12(19)8-20-17(14)23-18/h4-8,10H,9H2,1-3H3,(H,22,24)(H,20,21,23). The van der Waals surface area contributed by atoms with E-state index in [9.17, 15) is 4.79 Å². The van der Waals surface area contributed by atoms with Gasteiger partial charge in [-0.2, -0.15) is 0 Å². The van der Waals surface area contributed by atoms with Crippen LogP contribution in [-0.4, -0.2) is 26.6 Å². The number of nitrogens with one attached hydrogen (secondary N) is 2. The minimum atomic E-state index is -0.0624. The van der Waals surface area contributed by atoms with Crippen LogP contribution in [0.5, 0.6) is 0 Å². The quantitative estimate of drug-likeness (QED) is 0.631. The van der Waals surface area contributed by atoms with Crippen molar-refractivity contribution >= 4 is 46.1 Å². The van der Waals surface area contributed by atoms with Crippen molar-refractivity contribution in [1.82, 2.24) is 15.0 Å². The van der Waals surface area contributed by atoms with Crippen LogP contribution in [0.15, 0.2) is 35.6 Å². The molecule has 1 aromatic carbocycles. The fourth-order valence-corrected chi connectivity index (χ4v) is 3.40. The average Bonchev–Trinajstić information content (AvgIpc) is 2.96. The third-order valence-electron chi connectivity index (χ3n) is 3.81. The molecule has 2 N–H and O–H groups in total. The number of aromatic amines is 1. The Kier molecular flexibility index (Phi) is 5.30. The normalized spacial score (nSPS) is 11.2. The molecule has 3 aromatic rings. The van der Waals surface area contributed by atoms with Gasteiger partial charge in [-0.1, -0.05) is 55.4 Å². The first-order valence-corrected chi connectivity index (χ1v) is 9.34. The molecule has 0 aliphatic heterocycles. The molecule has 1 amide bonds. The maximum atomic E-state index is 12.4. The number of thioether (sulfide) groups is 1. The lowest BCUT2D eigenvalue weighted by Crippen LogP contribution is -2.16. The number of fused-ring (bicyclic) bond motifs is 1. The number of carbonyl (C=O) groups is 1. The molecule has 2 heterocycles. The summed E-state index contributed by atoms with van der Waals surface area (Å²) in [4.78, 5) is 24.0. The molecular weight excluding hydrogens is 356 g/mol. The summed E-state index contributed by atoms with van der Waals surface area (Å²) >= 11 is 7.26. The number of hydrogen-bond donors (Lipinski definition) is 2. The number of rotatable bonds is 5. The lowest BCUT2D eigenvalue weighted by atomic mass is 9.98. The van der Waals surface area contributed by atoms with E-state index in [0.29, 0.717) is 21.7 Å². The van der Waals surface area contributed by atoms with Crippen LogP contribution in [0.3, 0.4) is 0 Å². The number of hydrogen-bond acceptors (Lipinski definition) is 4. The SMILES string of the molecule is Cc1cccc(C(C)C)c1NC(=O)CSc1nc2ncc(Cl)cc2[nH]1. The van der Waals surface area contributed by atoms with Gasteiger partial charge in [0.1, 0.15) is 0 Å². The van der Waals surface area contributed by atoms with Crippen LogP contribution in [0, 0.1) is 6.92 Å². The van der Waals surface area contributed by atoms with Gasteiger partial charge in [-0.25, -0.2) is 9.97 Å². The van der Waals surface area contributed by atoms with Crippen molar-refractivity contribution in [2.75, 3.05) is 11.1 Å². The Morgan fingerprint density at radius 2 is 2.20 bits per heavy atom. The summed E-state index contributed by atoms with van der Waals surface area (Å²) in [5, 5.41) is 4.23. The first kappa shape index (κ1) is 17.8. The minimum absolute atomic E-state index is 0.0624. The molecule has 25 heavy (non-hydrogen) atoms. The van der Waals surface area contributed by atoms with Crippen molar-refractivity contribution in [1.29, 1.82) is 0 Å². The molecule has 0 radical (unpaired) electrons. The minimum Gasteiger partial charge on any atom is -0.331 e. The third-order valence-corrected chi connectivity index (χ3v) is 4.89. The van der Waals surface area contributed by atoms with Gasteiger partial charge in [-0.15, -0.1) is 0 Å². The fraction of sp³-hybridized carbons (Fsp3) is 0.278. The van der Waals surface area contributed by atoms with Crippen molar-refractivity contribution in [3.63, 3.8) is 0 Å². The molecular formula is C18H19ClN4OS. The van der Waals surface area contributed by atoms with Gasteiger partial charge in [0.15, 0.2) is 10.8 Å². The number of nitrogens with zero attached hydrogens (tertiary/aromatic N) is 2. The number of aryl methyl sites for hydroxylation is 1. The Morgan fingerprint density at radius 1 is 1.40 bits per heavy atom. The lowest BCUT2D eigenvalue weighted by Gasteiger charge is -2.16. The van der Waals surface area contributed by atoms with E-state index in [1.807, 2.05) is 19.1 Å². The summed E-state index contributed by atoms with van der Waals surface area (Å²) in [5.41, 5.74) is 4.46. The van der Waals surface area contributed by atoms with Crippen LogP contribution in [0.2, 0.25) is 5.02 Å². The second kappa shape index (κ2) is 7.45. The largest absolute Gasteiger partial charge is 0.331 e. The Labute approximate surface area is 155 Å². The molecule has 7 heteroatoms. The Bertz CT molecular complexity index is 923. The smallest absolute Gasteiger partial charge is 0.234 e. The summed E-state index contributed by atoms with van der Waals surface area (Å²) in [7, 11) is 0. The van der Waals surface area contributed by atoms with E-state index in [2.05, 4.69) is 40.2 Å². The van der Waals surface area contributed by atoms with E-state index in [1.54, 1.807) is 12.3 Å². The highest BCUT2D eigenvalue weighted by Gasteiger charge is 2.13. The summed E-state index contributed by atoms with van der Waals surface area (Å²) < 4.78 is 0. The van der Waals surface area contributed by atoms with Gasteiger partial charge in [-0.3, -0.25) is 4.79 Å². The van der Waals surface area contributed by atoms with Crippen LogP contribution in [0.25, 0.3) is 11.2 Å². The van der Waals surface area contributed by atoms with E-state index in [0.717, 1.165) is 22.3 Å². The van der Waals surface area contributed by atoms with Crippen molar-refractivity contribution in [2.45, 2.75) is 31.8 Å². The number of carbonyl (C=O) groups excluding carboxylic acids is 1. The second-order valence-corrected chi connectivity index (χ2v) is 7.50. The first-order valence-electron chi connectivity index (χ1n) is 7.97. The molecule has 3 rings (SSSR count). The number of H-pyrrole nitrogens is 1. The zero-order valence-electron chi connectivity index (χ0n) is 14.3. The Hall–Kier alpha value is -2.05. The molecule has 0 saturated carbocycles. The molecule has 0 spiro atoms. The molecule has 0 aliphatic carbocycles. The third kappa shape index (κ3) is 4.14. The zero-order chi connectivity index (χ0) is 18.0. The first-order chi connectivity index (χ1) is 11.9. The summed E-state index contributed by atoms with van der Waals surface area (Å²) in [6.45, 7) is 6.24. The molecule has 0 bridgehead atoms. The molecule has 130 valence electrons. The van der Waals surface area contributed by atoms with Gasteiger partial charge in [0, 0.05) is 11.9 Å². The van der Waals surface area contributed by atoms with E-state index in [1.165, 1.54) is 11.8 Å². The molecule has 5 nitrogen and oxygen atoms in total. The number of halogens is 1. The maximum Gasteiger partial charge on any atom is 0.234 e. The molecule has 0 fully saturated rings. The molecule has 2 aromatic heterocycles. The fourth-order valence-electron chi connectivity index (χ4n) is 2.57. The summed E-state index contributed by atoms with van der Waals surface area (Å²) in [5.74, 6) is 0.543. The predicted molar refractivity (Wildman–Crippen MR) is 104 cm³/mol. The van der Waals surface area contributed by atoms with Crippen LogP contribution < -0.4 is 5.32 Å². The summed E-state index contributed by atoms with van der Waals surface area (Å²) in [6, 6.07) is 7.84. The Balaban J connectivity index is 1.69. The van der Waals surface area contributed by atoms with Gasteiger partial charge in [0.05, 0.1) is 16.3 Å². The van der Waals surface area contributed by atoms with E-state index < -0.39 is 0 Å². The monoisotopic (exact) mass is 374 g/mol. The lowest BCUT2D eigenvalue weighted by molar-refractivity contribution is -0.113. The number of amides is 1. The van der Waals surface area contributed by atoms with Crippen molar-refractivity contribution in [3.8, 4) is 0 Å². The van der Waals surface area contributed by atoms with Crippen molar-refractivity contribution in [2.24, 2.45) is 0 Å². The highest BCUT2D eigenvalue weighted by molar-refractivity contribution is 7.99. The number of imidazole rings is 1. The number of aromatic nitrogens is 3. The molecule has 0 unspecified atom stereocenters. The number of benzene rings is 1. The van der Waals surface area contributed by atoms with Crippen LogP contribution in [-0.2, 0) is 4.79 Å². The van der Waals surface area contributed by atoms with Gasteiger partial charge >= 0.3 is 0 Å². The maximum absolute atomic E-state index is 12.4. The number of para-hydroxylation sites is 1. The topological polar surface area (TPSA) is 70.7 Å². The van der Waals surface area contributed by atoms with Crippen LogP contribution in [0.4, 0.5) is 5.69 Å². The van der Waals surface area contributed by atoms with Gasteiger partial charge in [0.2, 0.25) is 5.91 Å². The van der Waals surface area contributed by atoms with Gasteiger partial charge in [0.25, 0.3) is 0 Å². The highest BCUT2D eigenvalue weighted by Crippen LogP contribution is 2.28.